The average molecular weight is 335 g/mol. The maximum absolute atomic E-state index is 12.4. The number of hydrogen-bond acceptors (Lipinski definition) is 2. The van der Waals surface area contributed by atoms with Gasteiger partial charge in [-0.2, -0.15) is 0 Å². The first-order valence-corrected chi connectivity index (χ1v) is 8.91. The van der Waals surface area contributed by atoms with Crippen molar-refractivity contribution in [2.24, 2.45) is 0 Å². The van der Waals surface area contributed by atoms with Gasteiger partial charge in [0, 0.05) is 35.7 Å². The molecule has 130 valence electrons. The number of carbonyl (C=O) groups is 1. The van der Waals surface area contributed by atoms with E-state index in [9.17, 15) is 9.59 Å². The molecule has 2 aromatic carbocycles. The van der Waals surface area contributed by atoms with E-state index in [1.165, 1.54) is 0 Å². The summed E-state index contributed by atoms with van der Waals surface area (Å²) in [7, 11) is 0. The summed E-state index contributed by atoms with van der Waals surface area (Å²) >= 11 is 0. The fourth-order valence-corrected chi connectivity index (χ4v) is 2.85. The second kappa shape index (κ2) is 8.43. The van der Waals surface area contributed by atoms with Crippen molar-refractivity contribution in [2.75, 3.05) is 0 Å². The van der Waals surface area contributed by atoms with Crippen LogP contribution >= 0.6 is 0 Å². The van der Waals surface area contributed by atoms with Gasteiger partial charge in [0.1, 0.15) is 0 Å². The predicted octanol–water partition coefficient (Wildman–Crippen LogP) is 5.31. The predicted molar refractivity (Wildman–Crippen MR) is 105 cm³/mol. The lowest BCUT2D eigenvalue weighted by atomic mass is 9.98. The standard InChI is InChI=1S/C20H19NO2.C2H6/c1-3-19(22)15-11-9-14(10-12-15)18-13-21(4-2)20(23)17-8-6-5-7-16(17)18;1-2/h5-13H,3-4H2,1-2H3;1-2H3. The molecule has 25 heavy (non-hydrogen) atoms. The van der Waals surface area contributed by atoms with E-state index in [1.807, 2.05) is 82.4 Å². The first-order chi connectivity index (χ1) is 12.2. The van der Waals surface area contributed by atoms with Crippen molar-refractivity contribution >= 4 is 16.6 Å². The number of nitrogens with zero attached hydrogens (tertiary/aromatic N) is 1. The summed E-state index contributed by atoms with van der Waals surface area (Å²) in [6, 6.07) is 15.3. The van der Waals surface area contributed by atoms with Gasteiger partial charge in [-0.05, 0) is 23.9 Å². The molecule has 0 saturated heterocycles. The maximum Gasteiger partial charge on any atom is 0.258 e. The van der Waals surface area contributed by atoms with Gasteiger partial charge >= 0.3 is 0 Å². The van der Waals surface area contributed by atoms with Crippen LogP contribution in [0.1, 0.15) is 44.5 Å². The van der Waals surface area contributed by atoms with Gasteiger partial charge in [-0.25, -0.2) is 0 Å². The van der Waals surface area contributed by atoms with Crippen LogP contribution in [0, 0.1) is 0 Å². The summed E-state index contributed by atoms with van der Waals surface area (Å²) in [5.74, 6) is 0.139. The summed E-state index contributed by atoms with van der Waals surface area (Å²) in [5.41, 5.74) is 2.78. The van der Waals surface area contributed by atoms with E-state index in [2.05, 4.69) is 0 Å². The van der Waals surface area contributed by atoms with Crippen LogP contribution in [0.2, 0.25) is 0 Å². The number of Topliss-reactive ketones (excluding diaryl/α,β-unsaturated/α-hetero) is 1. The molecule has 0 bridgehead atoms. The number of aromatic nitrogens is 1. The Morgan fingerprint density at radius 1 is 0.920 bits per heavy atom. The minimum Gasteiger partial charge on any atom is -0.315 e. The second-order valence-corrected chi connectivity index (χ2v) is 5.53. The quantitative estimate of drug-likeness (QED) is 0.606. The van der Waals surface area contributed by atoms with Gasteiger partial charge in [0.05, 0.1) is 0 Å². The van der Waals surface area contributed by atoms with E-state index >= 15 is 0 Å². The molecule has 0 amide bonds. The molecule has 0 aliphatic heterocycles. The number of carbonyl (C=O) groups excluding carboxylic acids is 1. The van der Waals surface area contributed by atoms with Crippen LogP contribution in [0.5, 0.6) is 0 Å². The summed E-state index contributed by atoms with van der Waals surface area (Å²) in [5, 5.41) is 1.66. The Morgan fingerprint density at radius 3 is 2.08 bits per heavy atom. The monoisotopic (exact) mass is 335 g/mol. The highest BCUT2D eigenvalue weighted by Crippen LogP contribution is 2.27. The zero-order chi connectivity index (χ0) is 18.4. The summed E-state index contributed by atoms with van der Waals surface area (Å²) in [6.07, 6.45) is 2.41. The molecule has 3 rings (SSSR count). The Labute approximate surface area is 148 Å². The van der Waals surface area contributed by atoms with Crippen molar-refractivity contribution in [3.05, 3.63) is 70.6 Å². The molecule has 1 heterocycles. The van der Waals surface area contributed by atoms with Gasteiger partial charge in [-0.15, -0.1) is 0 Å². The molecule has 0 unspecified atom stereocenters. The molecule has 1 aromatic heterocycles. The molecule has 3 nitrogen and oxygen atoms in total. The van der Waals surface area contributed by atoms with Gasteiger partial charge in [-0.3, -0.25) is 9.59 Å². The van der Waals surface area contributed by atoms with Crippen molar-refractivity contribution in [2.45, 2.75) is 40.7 Å². The highest BCUT2D eigenvalue weighted by Gasteiger charge is 2.10. The van der Waals surface area contributed by atoms with Gasteiger partial charge < -0.3 is 4.57 Å². The van der Waals surface area contributed by atoms with Crippen molar-refractivity contribution in [1.29, 1.82) is 0 Å². The third kappa shape index (κ3) is 3.71. The highest BCUT2D eigenvalue weighted by atomic mass is 16.1. The minimum atomic E-state index is 0.0321. The minimum absolute atomic E-state index is 0.0321. The molecule has 3 heteroatoms. The van der Waals surface area contributed by atoms with E-state index < -0.39 is 0 Å². The SMILES string of the molecule is CC.CCC(=O)c1ccc(-c2cn(CC)c(=O)c3ccccc23)cc1. The first kappa shape index (κ1) is 18.7. The molecule has 0 saturated carbocycles. The molecular formula is C22H25NO2. The van der Waals surface area contributed by atoms with Crippen LogP contribution in [0.4, 0.5) is 0 Å². The maximum atomic E-state index is 12.4. The third-order valence-corrected chi connectivity index (χ3v) is 4.17. The number of hydrogen-bond donors (Lipinski definition) is 0. The fraction of sp³-hybridized carbons (Fsp3) is 0.273. The van der Waals surface area contributed by atoms with Crippen LogP contribution in [0.15, 0.2) is 59.5 Å². The smallest absolute Gasteiger partial charge is 0.258 e. The van der Waals surface area contributed by atoms with E-state index in [1.54, 1.807) is 4.57 Å². The Morgan fingerprint density at radius 2 is 1.52 bits per heavy atom. The molecule has 0 aliphatic rings. The van der Waals surface area contributed by atoms with E-state index in [-0.39, 0.29) is 11.3 Å². The van der Waals surface area contributed by atoms with Gasteiger partial charge in [0.15, 0.2) is 5.78 Å². The molecule has 0 atom stereocenters. The lowest BCUT2D eigenvalue weighted by Crippen LogP contribution is -2.19. The Balaban J connectivity index is 0.00000109. The van der Waals surface area contributed by atoms with E-state index in [0.29, 0.717) is 13.0 Å². The van der Waals surface area contributed by atoms with Crippen molar-refractivity contribution in [3.8, 4) is 11.1 Å². The summed E-state index contributed by atoms with van der Waals surface area (Å²) in [6.45, 7) is 8.45. The number of fused-ring (bicyclic) bond motifs is 1. The molecular weight excluding hydrogens is 310 g/mol. The van der Waals surface area contributed by atoms with Crippen molar-refractivity contribution in [1.82, 2.24) is 4.57 Å². The molecule has 0 radical (unpaired) electrons. The van der Waals surface area contributed by atoms with Crippen molar-refractivity contribution < 1.29 is 4.79 Å². The van der Waals surface area contributed by atoms with Gasteiger partial charge in [0.2, 0.25) is 0 Å². The number of ketones is 1. The zero-order valence-electron chi connectivity index (χ0n) is 15.4. The van der Waals surface area contributed by atoms with Gasteiger partial charge in [-0.1, -0.05) is 63.2 Å². The van der Waals surface area contributed by atoms with Crippen LogP contribution in [0.25, 0.3) is 21.9 Å². The number of pyridine rings is 1. The molecule has 0 N–H and O–H groups in total. The van der Waals surface area contributed by atoms with E-state index in [4.69, 9.17) is 0 Å². The molecule has 0 fully saturated rings. The number of aryl methyl sites for hydroxylation is 1. The highest BCUT2D eigenvalue weighted by molar-refractivity contribution is 5.98. The van der Waals surface area contributed by atoms with Gasteiger partial charge in [0.25, 0.3) is 5.56 Å². The fourth-order valence-electron chi connectivity index (χ4n) is 2.85. The lowest BCUT2D eigenvalue weighted by molar-refractivity contribution is 0.0988. The first-order valence-electron chi connectivity index (χ1n) is 8.91. The summed E-state index contributed by atoms with van der Waals surface area (Å²) in [4.78, 5) is 24.2. The van der Waals surface area contributed by atoms with E-state index in [0.717, 1.165) is 27.5 Å². The van der Waals surface area contributed by atoms with Crippen LogP contribution in [-0.2, 0) is 6.54 Å². The molecule has 0 spiro atoms. The summed E-state index contributed by atoms with van der Waals surface area (Å²) < 4.78 is 1.72. The van der Waals surface area contributed by atoms with Crippen LogP contribution < -0.4 is 5.56 Å². The topological polar surface area (TPSA) is 39.1 Å². The van der Waals surface area contributed by atoms with Crippen molar-refractivity contribution in [3.63, 3.8) is 0 Å². The number of benzene rings is 2. The normalized spacial score (nSPS) is 10.2. The zero-order valence-corrected chi connectivity index (χ0v) is 15.4. The number of rotatable bonds is 4. The average Bonchev–Trinajstić information content (AvgIpc) is 2.69. The van der Waals surface area contributed by atoms with Crippen LogP contribution in [0.3, 0.4) is 0 Å². The lowest BCUT2D eigenvalue weighted by Gasteiger charge is -2.11. The largest absolute Gasteiger partial charge is 0.315 e. The molecule has 3 aromatic rings. The second-order valence-electron chi connectivity index (χ2n) is 5.53. The Hall–Kier alpha value is -2.68. The van der Waals surface area contributed by atoms with Crippen LogP contribution in [-0.4, -0.2) is 10.4 Å². The Kier molecular flexibility index (Phi) is 6.29. The Bertz CT molecular complexity index is 921. The molecule has 0 aliphatic carbocycles. The third-order valence-electron chi connectivity index (χ3n) is 4.17.